The molecule has 1 aliphatic carbocycles. The highest BCUT2D eigenvalue weighted by molar-refractivity contribution is 7.89. The fourth-order valence-corrected chi connectivity index (χ4v) is 5.55. The molecule has 2 unspecified atom stereocenters. The molecule has 1 heterocycles. The van der Waals surface area contributed by atoms with E-state index in [1.165, 1.54) is 18.2 Å². The van der Waals surface area contributed by atoms with E-state index < -0.39 is 22.0 Å². The molecule has 2 aromatic carbocycles. The smallest absolute Gasteiger partial charge is 0.339 e. The minimum atomic E-state index is -3.93. The van der Waals surface area contributed by atoms with Gasteiger partial charge < -0.3 is 9.15 Å². The second kappa shape index (κ2) is 9.72. The minimum absolute atomic E-state index is 0.0801. The van der Waals surface area contributed by atoms with Crippen molar-refractivity contribution < 1.29 is 22.4 Å². The molecule has 0 saturated heterocycles. The van der Waals surface area contributed by atoms with Crippen LogP contribution in [-0.2, 0) is 27.7 Å². The molecule has 3 aromatic rings. The first-order valence-corrected chi connectivity index (χ1v) is 13.1. The van der Waals surface area contributed by atoms with Crippen LogP contribution in [0.2, 0.25) is 0 Å². The van der Waals surface area contributed by atoms with Crippen LogP contribution in [0.3, 0.4) is 0 Å². The molecule has 1 aromatic heterocycles. The zero-order chi connectivity index (χ0) is 24.5. The first kappa shape index (κ1) is 24.2. The van der Waals surface area contributed by atoms with Gasteiger partial charge in [0, 0.05) is 17.0 Å². The Morgan fingerprint density at radius 1 is 1.09 bits per heavy atom. The monoisotopic (exact) mass is 483 g/mol. The molecule has 0 radical (unpaired) electrons. The Balaban J connectivity index is 1.60. The lowest BCUT2D eigenvalue weighted by Crippen LogP contribution is -2.46. The van der Waals surface area contributed by atoms with E-state index >= 15 is 0 Å². The van der Waals surface area contributed by atoms with Crippen LogP contribution < -0.4 is 15.1 Å². The van der Waals surface area contributed by atoms with Crippen LogP contribution >= 0.6 is 0 Å². The van der Waals surface area contributed by atoms with Crippen molar-refractivity contribution in [3.05, 3.63) is 69.6 Å². The maximum absolute atomic E-state index is 13.1. The second-order valence-electron chi connectivity index (χ2n) is 8.93. The molecular weight excluding hydrogens is 454 g/mol. The Morgan fingerprint density at radius 3 is 2.44 bits per heavy atom. The van der Waals surface area contributed by atoms with Gasteiger partial charge in [-0.05, 0) is 68.4 Å². The molecular formula is C26H29NO6S. The van der Waals surface area contributed by atoms with Gasteiger partial charge in [-0.25, -0.2) is 18.0 Å². The van der Waals surface area contributed by atoms with Crippen LogP contribution in [0.25, 0.3) is 11.0 Å². The van der Waals surface area contributed by atoms with E-state index in [9.17, 15) is 18.0 Å². The van der Waals surface area contributed by atoms with Crippen molar-refractivity contribution in [3.8, 4) is 5.75 Å². The van der Waals surface area contributed by atoms with Gasteiger partial charge in [0.1, 0.15) is 17.4 Å². The predicted molar refractivity (Wildman–Crippen MR) is 130 cm³/mol. The zero-order valence-electron chi connectivity index (χ0n) is 19.6. The summed E-state index contributed by atoms with van der Waals surface area (Å²) in [5.41, 5.74) is 2.66. The number of nitrogens with one attached hydrogen (secondary N) is 1. The normalized spacial score (nSPS) is 15.5. The first-order chi connectivity index (χ1) is 16.2. The van der Waals surface area contributed by atoms with E-state index in [4.69, 9.17) is 9.15 Å². The summed E-state index contributed by atoms with van der Waals surface area (Å²) in [5, 5.41) is 0.840. The molecule has 1 aliphatic rings. The van der Waals surface area contributed by atoms with Gasteiger partial charge in [-0.15, -0.1) is 0 Å². The van der Waals surface area contributed by atoms with Crippen LogP contribution in [0, 0.1) is 12.8 Å². The number of rotatable bonds is 7. The average Bonchev–Trinajstić information content (AvgIpc) is 2.82. The van der Waals surface area contributed by atoms with E-state index in [2.05, 4.69) is 4.72 Å². The van der Waals surface area contributed by atoms with Crippen molar-refractivity contribution in [2.75, 3.05) is 0 Å². The van der Waals surface area contributed by atoms with Gasteiger partial charge in [-0.3, -0.25) is 0 Å². The fraction of sp³-hybridized carbons (Fsp3) is 0.385. The average molecular weight is 484 g/mol. The third-order valence-electron chi connectivity index (χ3n) is 6.49. The van der Waals surface area contributed by atoms with Crippen LogP contribution in [-0.4, -0.2) is 20.4 Å². The van der Waals surface area contributed by atoms with Crippen molar-refractivity contribution in [1.29, 1.82) is 0 Å². The largest absolute Gasteiger partial charge is 0.425 e. The standard InChI is InChI=1S/C26H29NO6S/c1-4-17(3)24(27-34(30,31)19-12-9-16(2)10-13-19)26(29)32-18-11-14-21-20-7-5-6-8-22(20)25(28)33-23(21)15-18/h9-15,17,24,27H,4-8H2,1-3H3. The Hall–Kier alpha value is -2.97. The third kappa shape index (κ3) is 4.93. The number of ether oxygens (including phenoxy) is 1. The number of carbonyl (C=O) groups is 1. The van der Waals surface area contributed by atoms with Gasteiger partial charge in [0.15, 0.2) is 0 Å². The Morgan fingerprint density at radius 2 is 1.76 bits per heavy atom. The zero-order valence-corrected chi connectivity index (χ0v) is 20.4. The fourth-order valence-electron chi connectivity index (χ4n) is 4.25. The summed E-state index contributed by atoms with van der Waals surface area (Å²) in [7, 11) is -3.93. The third-order valence-corrected chi connectivity index (χ3v) is 7.95. The van der Waals surface area contributed by atoms with E-state index in [-0.39, 0.29) is 22.2 Å². The van der Waals surface area contributed by atoms with Gasteiger partial charge in [-0.1, -0.05) is 38.0 Å². The molecule has 7 nitrogen and oxygen atoms in total. The molecule has 34 heavy (non-hydrogen) atoms. The lowest BCUT2D eigenvalue weighted by molar-refractivity contribution is -0.137. The SMILES string of the molecule is CCC(C)C(NS(=O)(=O)c1ccc(C)cc1)C(=O)Oc1ccc2c3c(c(=O)oc2c1)CCCC3. The van der Waals surface area contributed by atoms with E-state index in [1.54, 1.807) is 31.2 Å². The van der Waals surface area contributed by atoms with Crippen LogP contribution in [0.5, 0.6) is 5.75 Å². The van der Waals surface area contributed by atoms with E-state index in [1.807, 2.05) is 13.8 Å². The quantitative estimate of drug-likeness (QED) is 0.306. The molecule has 180 valence electrons. The number of aryl methyl sites for hydroxylation is 2. The summed E-state index contributed by atoms with van der Waals surface area (Å²) >= 11 is 0. The first-order valence-electron chi connectivity index (χ1n) is 11.6. The Kier molecular flexibility index (Phi) is 6.91. The van der Waals surface area contributed by atoms with Gasteiger partial charge in [0.2, 0.25) is 10.0 Å². The molecule has 0 saturated carbocycles. The number of fused-ring (bicyclic) bond motifs is 3. The van der Waals surface area contributed by atoms with Gasteiger partial charge >= 0.3 is 11.6 Å². The molecule has 0 amide bonds. The van der Waals surface area contributed by atoms with Gasteiger partial charge in [-0.2, -0.15) is 4.72 Å². The van der Waals surface area contributed by atoms with Crippen LogP contribution in [0.15, 0.2) is 56.6 Å². The van der Waals surface area contributed by atoms with Crippen molar-refractivity contribution in [1.82, 2.24) is 4.72 Å². The maximum Gasteiger partial charge on any atom is 0.339 e. The van der Waals surface area contributed by atoms with Crippen molar-refractivity contribution in [3.63, 3.8) is 0 Å². The summed E-state index contributed by atoms with van der Waals surface area (Å²) in [5.74, 6) is -0.831. The maximum atomic E-state index is 13.1. The van der Waals surface area contributed by atoms with Gasteiger partial charge in [0.25, 0.3) is 0 Å². The number of benzene rings is 2. The second-order valence-corrected chi connectivity index (χ2v) is 10.6. The number of carbonyl (C=O) groups excluding carboxylic acids is 1. The highest BCUT2D eigenvalue weighted by Gasteiger charge is 2.31. The predicted octanol–water partition coefficient (Wildman–Crippen LogP) is 4.28. The molecule has 2 atom stereocenters. The minimum Gasteiger partial charge on any atom is -0.425 e. The highest BCUT2D eigenvalue weighted by atomic mass is 32.2. The van der Waals surface area contributed by atoms with E-state index in [0.717, 1.165) is 41.3 Å². The Bertz CT molecular complexity index is 1370. The van der Waals surface area contributed by atoms with Gasteiger partial charge in [0.05, 0.1) is 4.90 Å². The summed E-state index contributed by atoms with van der Waals surface area (Å²) in [6.07, 6.45) is 4.07. The topological polar surface area (TPSA) is 103 Å². The summed E-state index contributed by atoms with van der Waals surface area (Å²) in [6.45, 7) is 5.53. The summed E-state index contributed by atoms with van der Waals surface area (Å²) in [4.78, 5) is 25.6. The molecule has 4 rings (SSSR count). The molecule has 8 heteroatoms. The summed E-state index contributed by atoms with van der Waals surface area (Å²) in [6, 6.07) is 10.3. The number of esters is 1. The lowest BCUT2D eigenvalue weighted by atomic mass is 9.91. The van der Waals surface area contributed by atoms with E-state index in [0.29, 0.717) is 18.4 Å². The lowest BCUT2D eigenvalue weighted by Gasteiger charge is -2.22. The van der Waals surface area contributed by atoms with Crippen LogP contribution in [0.4, 0.5) is 0 Å². The number of hydrogen-bond acceptors (Lipinski definition) is 6. The van der Waals surface area contributed by atoms with Crippen LogP contribution in [0.1, 0.15) is 49.8 Å². The summed E-state index contributed by atoms with van der Waals surface area (Å²) < 4.78 is 39.4. The molecule has 0 spiro atoms. The van der Waals surface area contributed by atoms with Crippen molar-refractivity contribution in [2.24, 2.45) is 5.92 Å². The number of sulfonamides is 1. The van der Waals surface area contributed by atoms with Crippen molar-refractivity contribution in [2.45, 2.75) is 63.8 Å². The Labute approximate surface area is 199 Å². The highest BCUT2D eigenvalue weighted by Crippen LogP contribution is 2.29. The number of hydrogen-bond donors (Lipinski definition) is 1. The molecule has 0 fully saturated rings. The van der Waals surface area contributed by atoms with Crippen molar-refractivity contribution >= 4 is 27.0 Å². The molecule has 1 N–H and O–H groups in total. The molecule has 0 aliphatic heterocycles. The molecule has 0 bridgehead atoms.